The van der Waals surface area contributed by atoms with E-state index in [4.69, 9.17) is 4.98 Å². The predicted molar refractivity (Wildman–Crippen MR) is 134 cm³/mol. The summed E-state index contributed by atoms with van der Waals surface area (Å²) in [7, 11) is 0. The van der Waals surface area contributed by atoms with Crippen LogP contribution < -0.4 is 10.7 Å². The van der Waals surface area contributed by atoms with Crippen molar-refractivity contribution < 1.29 is 1.43 Å². The van der Waals surface area contributed by atoms with Crippen LogP contribution >= 0.6 is 0 Å². The molecule has 2 aromatic heterocycles. The fourth-order valence-electron chi connectivity index (χ4n) is 4.00. The van der Waals surface area contributed by atoms with Crippen LogP contribution in [0.4, 0.5) is 11.5 Å². The Balaban J connectivity index is 0.00000259. The summed E-state index contributed by atoms with van der Waals surface area (Å²) in [5.41, 5.74) is 6.32. The average molecular weight is 420 g/mol. The summed E-state index contributed by atoms with van der Waals surface area (Å²) < 4.78 is 2.09. The van der Waals surface area contributed by atoms with Crippen molar-refractivity contribution in [3.05, 3.63) is 119 Å². The van der Waals surface area contributed by atoms with Crippen LogP contribution in [-0.2, 0) is 0 Å². The normalized spacial score (nSPS) is 10.9. The lowest BCUT2D eigenvalue weighted by Crippen LogP contribution is -2.14. The molecule has 2 heterocycles. The van der Waals surface area contributed by atoms with Gasteiger partial charge >= 0.3 is 0 Å². The Morgan fingerprint density at radius 3 is 2.16 bits per heavy atom. The van der Waals surface area contributed by atoms with Gasteiger partial charge in [0.05, 0.1) is 16.6 Å². The molecule has 0 radical (unpaired) electrons. The van der Waals surface area contributed by atoms with E-state index in [9.17, 15) is 4.79 Å². The lowest BCUT2D eigenvalue weighted by molar-refractivity contribution is 1.09. The first-order chi connectivity index (χ1) is 15.6. The monoisotopic (exact) mass is 419 g/mol. The molecular weight excluding hydrogens is 394 g/mol. The van der Waals surface area contributed by atoms with Gasteiger partial charge in [-0.25, -0.2) is 0 Å². The Morgan fingerprint density at radius 2 is 1.47 bits per heavy atom. The highest BCUT2D eigenvalue weighted by molar-refractivity contribution is 5.95. The van der Waals surface area contributed by atoms with Crippen LogP contribution in [0.5, 0.6) is 0 Å². The summed E-state index contributed by atoms with van der Waals surface area (Å²) in [6.07, 6.45) is 0. The molecular formula is C28H25N3O. The zero-order chi connectivity index (χ0) is 22.1. The van der Waals surface area contributed by atoms with Gasteiger partial charge in [-0.2, -0.15) is 0 Å². The van der Waals surface area contributed by atoms with Crippen LogP contribution in [0, 0.1) is 13.8 Å². The Kier molecular flexibility index (Phi) is 5.04. The first-order valence-corrected chi connectivity index (χ1v) is 10.6. The van der Waals surface area contributed by atoms with E-state index in [-0.39, 0.29) is 6.86 Å². The molecule has 0 spiro atoms. The highest BCUT2D eigenvalue weighted by Crippen LogP contribution is 2.30. The fraction of sp³-hybridized carbons (Fsp3) is 0.0714. The van der Waals surface area contributed by atoms with E-state index in [1.165, 1.54) is 5.56 Å². The second-order valence-electron chi connectivity index (χ2n) is 7.93. The molecule has 0 atom stereocenters. The van der Waals surface area contributed by atoms with Gasteiger partial charge in [0, 0.05) is 30.1 Å². The highest BCUT2D eigenvalue weighted by atomic mass is 16.1. The maximum atomic E-state index is 13.5. The van der Waals surface area contributed by atoms with Gasteiger partial charge in [-0.15, -0.1) is 0 Å². The molecule has 4 nitrogen and oxygen atoms in total. The number of para-hydroxylation sites is 2. The molecule has 32 heavy (non-hydrogen) atoms. The third kappa shape index (κ3) is 3.67. The van der Waals surface area contributed by atoms with Crippen molar-refractivity contribution in [1.29, 1.82) is 0 Å². The second kappa shape index (κ2) is 8.16. The van der Waals surface area contributed by atoms with Gasteiger partial charge < -0.3 is 5.32 Å². The molecule has 1 N–H and O–H groups in total. The van der Waals surface area contributed by atoms with Gasteiger partial charge in [0.2, 0.25) is 0 Å². The summed E-state index contributed by atoms with van der Waals surface area (Å²) in [5.74, 6) is 0.709. The van der Waals surface area contributed by atoms with E-state index >= 15 is 0 Å². The molecule has 3 aromatic carbocycles. The Bertz CT molecular complexity index is 1460. The number of nitrogens with one attached hydrogen (secondary N) is 1. The molecule has 0 amide bonds. The smallest absolute Gasteiger partial charge is 0.193 e. The van der Waals surface area contributed by atoms with Gasteiger partial charge in [0.15, 0.2) is 5.43 Å². The maximum absolute atomic E-state index is 13.5. The van der Waals surface area contributed by atoms with E-state index in [0.29, 0.717) is 16.9 Å². The number of pyridine rings is 2. The third-order valence-electron chi connectivity index (χ3n) is 5.51. The first kappa shape index (κ1) is 19.8. The Hall–Kier alpha value is -4.18. The van der Waals surface area contributed by atoms with Crippen LogP contribution in [0.1, 0.15) is 12.7 Å². The molecule has 0 aliphatic rings. The van der Waals surface area contributed by atoms with Crippen LogP contribution in [0.25, 0.3) is 27.8 Å². The Labute approximate surface area is 188 Å². The number of hydrogen-bond donors (Lipinski definition) is 1. The van der Waals surface area contributed by atoms with Crippen LogP contribution in [0.15, 0.2) is 102 Å². The zero-order valence-electron chi connectivity index (χ0n) is 18.0. The standard InChI is InChI=1S/C28H23N3O.H2/c1-19-13-15-21(16-14-19)28-27-24(17-20(2)29-28)31(23-11-7-4-8-12-23)26(18-25(27)32)30-22-9-5-3-6-10-22;/h3-18,30H,1-2H3;1H. The number of aromatic nitrogens is 2. The Morgan fingerprint density at radius 1 is 0.812 bits per heavy atom. The SMILES string of the molecule is Cc1ccc(-c2nc(C)cc3c2c(=O)cc(Nc2ccccc2)n3-c2ccccc2)cc1.[HH]. The van der Waals surface area contributed by atoms with Gasteiger partial charge in [-0.3, -0.25) is 14.3 Å². The number of nitrogens with zero attached hydrogens (tertiary/aromatic N) is 2. The summed E-state index contributed by atoms with van der Waals surface area (Å²) in [4.78, 5) is 18.2. The first-order valence-electron chi connectivity index (χ1n) is 10.6. The van der Waals surface area contributed by atoms with E-state index in [1.807, 2.05) is 97.9 Å². The molecule has 0 bridgehead atoms. The zero-order valence-corrected chi connectivity index (χ0v) is 18.0. The maximum Gasteiger partial charge on any atom is 0.193 e. The number of hydrogen-bond acceptors (Lipinski definition) is 3. The quantitative estimate of drug-likeness (QED) is 0.354. The molecule has 5 aromatic rings. The van der Waals surface area contributed by atoms with Crippen molar-refractivity contribution in [1.82, 2.24) is 9.55 Å². The largest absolute Gasteiger partial charge is 0.341 e. The summed E-state index contributed by atoms with van der Waals surface area (Å²) in [5, 5.41) is 4.05. The molecule has 0 unspecified atom stereocenters. The van der Waals surface area contributed by atoms with E-state index in [0.717, 1.165) is 28.1 Å². The summed E-state index contributed by atoms with van der Waals surface area (Å²) in [6, 6.07) is 31.8. The highest BCUT2D eigenvalue weighted by Gasteiger charge is 2.17. The van der Waals surface area contributed by atoms with E-state index < -0.39 is 0 Å². The van der Waals surface area contributed by atoms with E-state index in [2.05, 4.69) is 16.8 Å². The van der Waals surface area contributed by atoms with Crippen molar-refractivity contribution >= 4 is 22.4 Å². The van der Waals surface area contributed by atoms with Crippen LogP contribution in [0.3, 0.4) is 0 Å². The number of benzene rings is 3. The van der Waals surface area contributed by atoms with Crippen molar-refractivity contribution in [2.24, 2.45) is 0 Å². The van der Waals surface area contributed by atoms with Gasteiger partial charge in [0.25, 0.3) is 0 Å². The van der Waals surface area contributed by atoms with Crippen LogP contribution in [-0.4, -0.2) is 9.55 Å². The molecule has 158 valence electrons. The van der Waals surface area contributed by atoms with Gasteiger partial charge in [-0.1, -0.05) is 66.2 Å². The number of anilines is 2. The van der Waals surface area contributed by atoms with Gasteiger partial charge in [-0.05, 0) is 44.2 Å². The minimum absolute atomic E-state index is 0. The molecule has 0 saturated carbocycles. The lowest BCUT2D eigenvalue weighted by atomic mass is 10.0. The molecule has 0 aliphatic carbocycles. The minimum Gasteiger partial charge on any atom is -0.341 e. The predicted octanol–water partition coefficient (Wildman–Crippen LogP) is 6.66. The third-order valence-corrected chi connectivity index (χ3v) is 5.51. The number of fused-ring (bicyclic) bond motifs is 1. The lowest BCUT2D eigenvalue weighted by Gasteiger charge is -2.20. The molecule has 0 saturated heterocycles. The van der Waals surface area contributed by atoms with E-state index in [1.54, 1.807) is 6.07 Å². The topological polar surface area (TPSA) is 46.9 Å². The van der Waals surface area contributed by atoms with Crippen molar-refractivity contribution in [2.45, 2.75) is 13.8 Å². The molecule has 0 aliphatic heterocycles. The second-order valence-corrected chi connectivity index (χ2v) is 7.93. The average Bonchev–Trinajstić information content (AvgIpc) is 2.80. The number of rotatable bonds is 4. The molecule has 5 rings (SSSR count). The van der Waals surface area contributed by atoms with Gasteiger partial charge in [0.1, 0.15) is 5.82 Å². The van der Waals surface area contributed by atoms with Crippen molar-refractivity contribution in [3.63, 3.8) is 0 Å². The van der Waals surface area contributed by atoms with Crippen LogP contribution in [0.2, 0.25) is 0 Å². The van der Waals surface area contributed by atoms with Crippen molar-refractivity contribution in [3.8, 4) is 16.9 Å². The number of aryl methyl sites for hydroxylation is 2. The molecule has 4 heteroatoms. The summed E-state index contributed by atoms with van der Waals surface area (Å²) in [6.45, 7) is 4.02. The fourth-order valence-corrected chi connectivity index (χ4v) is 4.00. The molecule has 0 fully saturated rings. The summed E-state index contributed by atoms with van der Waals surface area (Å²) >= 11 is 0. The minimum atomic E-state index is -0.0614. The van der Waals surface area contributed by atoms with Crippen molar-refractivity contribution in [2.75, 3.05) is 5.32 Å².